The number of rotatable bonds is 7. The van der Waals surface area contributed by atoms with Crippen LogP contribution < -0.4 is 44.1 Å². The molecule has 0 N–H and O–H groups in total. The van der Waals surface area contributed by atoms with Crippen LogP contribution >= 0.6 is 11.6 Å². The van der Waals surface area contributed by atoms with Crippen molar-refractivity contribution >= 4 is 34.3 Å². The van der Waals surface area contributed by atoms with Gasteiger partial charge in [-0.15, -0.1) is 13.2 Å². The van der Waals surface area contributed by atoms with Crippen molar-refractivity contribution in [3.63, 3.8) is 0 Å². The van der Waals surface area contributed by atoms with E-state index in [1.54, 1.807) is 6.92 Å². The predicted molar refractivity (Wildman–Crippen MR) is 125 cm³/mol. The second-order valence-corrected chi connectivity index (χ2v) is 8.52. The van der Waals surface area contributed by atoms with Crippen LogP contribution in [0.25, 0.3) is 16.6 Å². The van der Waals surface area contributed by atoms with E-state index in [1.807, 2.05) is 0 Å². The Balaban J connectivity index is 0.00000400. The van der Waals surface area contributed by atoms with E-state index in [4.69, 9.17) is 16.3 Å². The molecule has 0 aliphatic heterocycles. The van der Waals surface area contributed by atoms with Crippen molar-refractivity contribution in [3.05, 3.63) is 88.3 Å². The summed E-state index contributed by atoms with van der Waals surface area (Å²) in [4.78, 5) is 24.5. The molecule has 1 aromatic heterocycles. The number of carboxylic acids is 1. The number of alkyl halides is 3. The maximum atomic E-state index is 14.6. The Hall–Kier alpha value is -3.05. The molecule has 4 rings (SSSR count). The monoisotopic (exact) mass is 557 g/mol. The number of aromatic nitrogens is 1. The van der Waals surface area contributed by atoms with E-state index >= 15 is 0 Å². The Morgan fingerprint density at radius 3 is 2.26 bits per heavy atom. The Morgan fingerprint density at radius 2 is 1.66 bits per heavy atom. The summed E-state index contributed by atoms with van der Waals surface area (Å²) in [5.74, 6) is -3.50. The van der Waals surface area contributed by atoms with Gasteiger partial charge in [-0.1, -0.05) is 11.6 Å². The summed E-state index contributed by atoms with van der Waals surface area (Å²) in [5.41, 5.74) is 0.894. The van der Waals surface area contributed by atoms with Crippen LogP contribution in [-0.4, -0.2) is 28.8 Å². The molecule has 1 atom stereocenters. The van der Waals surface area contributed by atoms with Gasteiger partial charge in [-0.05, 0) is 56.3 Å². The standard InChI is InChI=1S/C26H18ClF4NO5.Na/c1-13-23(24(33)15-3-5-16(27)6-4-15)21-8-7-19(37-26(29,30)31)12-22(21)32(13)18-9-17(28)10-20(11-18)36-14(2)25(34)35;/h3-12,14H,1-2H3,(H,34,35);/q;+1/p-1/t14-;/m0./s1. The molecule has 0 saturated carbocycles. The molecule has 192 valence electrons. The zero-order chi connectivity index (χ0) is 27.1. The van der Waals surface area contributed by atoms with Crippen LogP contribution in [0.4, 0.5) is 17.6 Å². The maximum absolute atomic E-state index is 14.6. The molecule has 3 aromatic carbocycles. The first-order chi connectivity index (χ1) is 17.3. The molecule has 0 fully saturated rings. The van der Waals surface area contributed by atoms with Gasteiger partial charge in [-0.2, -0.15) is 0 Å². The fraction of sp³-hybridized carbons (Fsp3) is 0.154. The minimum Gasteiger partial charge on any atom is -0.546 e. The molecule has 0 amide bonds. The smallest absolute Gasteiger partial charge is 0.546 e. The van der Waals surface area contributed by atoms with E-state index in [0.717, 1.165) is 24.3 Å². The van der Waals surface area contributed by atoms with Gasteiger partial charge in [-0.25, -0.2) is 4.39 Å². The molecule has 0 radical (unpaired) electrons. The van der Waals surface area contributed by atoms with Crippen molar-refractivity contribution in [1.82, 2.24) is 4.57 Å². The van der Waals surface area contributed by atoms with Crippen molar-refractivity contribution in [2.75, 3.05) is 0 Å². The Bertz CT molecular complexity index is 1520. The van der Waals surface area contributed by atoms with Gasteiger partial charge in [0.25, 0.3) is 0 Å². The van der Waals surface area contributed by atoms with Crippen LogP contribution in [0, 0.1) is 12.7 Å². The van der Waals surface area contributed by atoms with E-state index < -0.39 is 35.8 Å². The Kier molecular flexibility index (Phi) is 8.82. The third-order valence-corrected chi connectivity index (χ3v) is 5.75. The summed E-state index contributed by atoms with van der Waals surface area (Å²) in [5, 5.41) is 11.8. The molecular weight excluding hydrogens is 541 g/mol. The molecule has 1 heterocycles. The van der Waals surface area contributed by atoms with Crippen LogP contribution in [0.1, 0.15) is 28.5 Å². The third kappa shape index (κ3) is 6.32. The molecule has 6 nitrogen and oxygen atoms in total. The van der Waals surface area contributed by atoms with E-state index in [2.05, 4.69) is 4.74 Å². The molecule has 38 heavy (non-hydrogen) atoms. The predicted octanol–water partition coefficient (Wildman–Crippen LogP) is 2.38. The number of ketones is 1. The van der Waals surface area contributed by atoms with Crippen LogP contribution in [0.2, 0.25) is 5.02 Å². The summed E-state index contributed by atoms with van der Waals surface area (Å²) < 4.78 is 63.9. The summed E-state index contributed by atoms with van der Waals surface area (Å²) in [7, 11) is 0. The number of aliphatic carboxylic acids is 1. The molecular formula is C26H17ClF4NNaO5. The number of nitrogens with zero attached hydrogens (tertiary/aromatic N) is 1. The van der Waals surface area contributed by atoms with Gasteiger partial charge < -0.3 is 23.9 Å². The number of benzene rings is 3. The van der Waals surface area contributed by atoms with Gasteiger partial charge in [0.05, 0.1) is 22.7 Å². The van der Waals surface area contributed by atoms with E-state index in [1.165, 1.54) is 47.9 Å². The largest absolute Gasteiger partial charge is 1.00 e. The molecule has 0 aliphatic carbocycles. The Morgan fingerprint density at radius 1 is 1.00 bits per heavy atom. The molecule has 0 saturated heterocycles. The topological polar surface area (TPSA) is 80.6 Å². The summed E-state index contributed by atoms with van der Waals surface area (Å²) in [6, 6.07) is 12.8. The van der Waals surface area contributed by atoms with Crippen molar-refractivity contribution in [2.24, 2.45) is 0 Å². The zero-order valence-corrected chi connectivity index (χ0v) is 23.0. The first-order valence-corrected chi connectivity index (χ1v) is 11.1. The number of carbonyl (C=O) groups excluding carboxylic acids is 2. The second-order valence-electron chi connectivity index (χ2n) is 8.08. The van der Waals surface area contributed by atoms with Crippen LogP contribution in [-0.2, 0) is 4.79 Å². The van der Waals surface area contributed by atoms with Crippen LogP contribution in [0.15, 0.2) is 60.7 Å². The van der Waals surface area contributed by atoms with Crippen molar-refractivity contribution in [2.45, 2.75) is 26.3 Å². The Labute approximate surface area is 241 Å². The van der Waals surface area contributed by atoms with Crippen molar-refractivity contribution in [1.29, 1.82) is 0 Å². The number of fused-ring (bicyclic) bond motifs is 1. The second kappa shape index (κ2) is 11.4. The molecule has 0 unspecified atom stereocenters. The number of hydrogen-bond donors (Lipinski definition) is 0. The van der Waals surface area contributed by atoms with E-state index in [9.17, 15) is 32.3 Å². The fourth-order valence-electron chi connectivity index (χ4n) is 3.95. The van der Waals surface area contributed by atoms with Gasteiger partial charge >= 0.3 is 35.9 Å². The number of carbonyl (C=O) groups is 2. The summed E-state index contributed by atoms with van der Waals surface area (Å²) in [6.07, 6.45) is -6.38. The quantitative estimate of drug-likeness (QED) is 0.198. The molecule has 0 aliphatic rings. The van der Waals surface area contributed by atoms with Gasteiger partial charge in [0.1, 0.15) is 23.4 Å². The first kappa shape index (κ1) is 29.5. The number of halogens is 5. The average molecular weight is 558 g/mol. The normalized spacial score (nSPS) is 12.1. The summed E-state index contributed by atoms with van der Waals surface area (Å²) >= 11 is 5.92. The van der Waals surface area contributed by atoms with Crippen molar-refractivity contribution in [3.8, 4) is 17.2 Å². The van der Waals surface area contributed by atoms with Crippen molar-refractivity contribution < 1.29 is 71.3 Å². The minimum atomic E-state index is -4.97. The van der Waals surface area contributed by atoms with Crippen LogP contribution in [0.5, 0.6) is 11.5 Å². The summed E-state index contributed by atoms with van der Waals surface area (Å²) in [6.45, 7) is 2.74. The maximum Gasteiger partial charge on any atom is 1.00 e. The number of ether oxygens (including phenoxy) is 2. The van der Waals surface area contributed by atoms with Gasteiger partial charge in [-0.3, -0.25) is 4.79 Å². The zero-order valence-electron chi connectivity index (χ0n) is 20.2. The molecule has 4 aromatic rings. The number of hydrogen-bond acceptors (Lipinski definition) is 5. The first-order valence-electron chi connectivity index (χ1n) is 10.7. The average Bonchev–Trinajstić information content (AvgIpc) is 3.08. The third-order valence-electron chi connectivity index (χ3n) is 5.50. The minimum absolute atomic E-state index is 0. The number of carboxylic acid groups (broad SMARTS) is 1. The molecule has 0 spiro atoms. The fourth-order valence-corrected chi connectivity index (χ4v) is 4.08. The van der Waals surface area contributed by atoms with E-state index in [0.29, 0.717) is 5.02 Å². The van der Waals surface area contributed by atoms with Gasteiger partial charge in [0.2, 0.25) is 0 Å². The molecule has 0 bridgehead atoms. The SMILES string of the molecule is Cc1c(C(=O)c2ccc(Cl)cc2)c2ccc(OC(F)(F)F)cc2n1-c1cc(F)cc(O[C@@H](C)C(=O)[O-])c1.[Na+]. The van der Waals surface area contributed by atoms with Crippen LogP contribution in [0.3, 0.4) is 0 Å². The van der Waals surface area contributed by atoms with Gasteiger partial charge in [0.15, 0.2) is 5.78 Å². The van der Waals surface area contributed by atoms with Gasteiger partial charge in [0, 0.05) is 39.9 Å². The molecule has 12 heteroatoms. The van der Waals surface area contributed by atoms with E-state index in [-0.39, 0.29) is 68.7 Å².